The van der Waals surface area contributed by atoms with Gasteiger partial charge in [-0.1, -0.05) is 19.1 Å². The SMILES string of the molecule is CCCNC(=O)C1=Cc2ccc(-c3cnc(OCCNC(=O)CCOCCOCCOCCOCCOCCOCCOCCOCCOCCOCCC(=O)Oc4c(F)c(F)c(S(=O)(=O)O)c(F)c4F)nc3)cc2N=C(N)C1. The first-order valence-electron chi connectivity index (χ1n) is 25.2. The van der Waals surface area contributed by atoms with Crippen molar-refractivity contribution in [1.29, 1.82) is 0 Å². The highest BCUT2D eigenvalue weighted by atomic mass is 32.2. The van der Waals surface area contributed by atoms with Crippen molar-refractivity contribution in [3.05, 3.63) is 65.0 Å². The maximum atomic E-state index is 14.0. The first kappa shape index (κ1) is 65.7. The molecule has 0 fully saturated rings. The lowest BCUT2D eigenvalue weighted by Crippen LogP contribution is -2.29. The Kier molecular flexibility index (Phi) is 31.5. The lowest BCUT2D eigenvalue weighted by molar-refractivity contribution is -0.136. The van der Waals surface area contributed by atoms with Crippen molar-refractivity contribution < 1.29 is 102 Å². The fourth-order valence-electron chi connectivity index (χ4n) is 6.50. The van der Waals surface area contributed by atoms with Gasteiger partial charge >= 0.3 is 22.1 Å². The Hall–Kier alpha value is -5.83. The largest absolute Gasteiger partial charge is 0.462 e. The minimum absolute atomic E-state index is 0.0160. The number of nitrogens with one attached hydrogen (secondary N) is 2. The van der Waals surface area contributed by atoms with Crippen LogP contribution >= 0.6 is 0 Å². The van der Waals surface area contributed by atoms with Crippen LogP contribution in [0.25, 0.3) is 17.2 Å². The summed E-state index contributed by atoms with van der Waals surface area (Å²) in [6.07, 6.45) is 5.76. The second-order valence-electron chi connectivity index (χ2n) is 16.4. The molecule has 3 aromatic rings. The minimum Gasteiger partial charge on any atom is -0.462 e. The van der Waals surface area contributed by atoms with E-state index in [9.17, 15) is 40.4 Å². The van der Waals surface area contributed by atoms with Gasteiger partial charge in [0.1, 0.15) is 12.4 Å². The molecule has 0 saturated heterocycles. The molecular formula is C50H68F4N6O18S. The van der Waals surface area contributed by atoms with Crippen LogP contribution in [-0.2, 0) is 71.9 Å². The van der Waals surface area contributed by atoms with Crippen LogP contribution in [0.1, 0.15) is 38.2 Å². The van der Waals surface area contributed by atoms with Gasteiger partial charge in [0.05, 0.1) is 151 Å². The highest BCUT2D eigenvalue weighted by molar-refractivity contribution is 7.85. The number of aliphatic imine (C=N–C) groups is 1. The standard InChI is InChI=1S/C50H68F4N6O18S/c1-2-7-57-49(63)37-30-36-4-3-35(31-39(36)60-40(55)32-37)38-33-58-50(59-34-38)77-11-8-56-41(61)5-9-67-12-14-69-16-18-71-20-22-73-24-26-75-28-29-76-27-25-74-23-21-72-19-17-70-15-13-68-10-6-42(62)78-47-43(51)45(53)48(79(64,65)66)46(54)44(47)52/h3-4,30-31,33-34H,2,5-29,32H2,1H3,(H2,55,60)(H,56,61)(H,57,63)(H,64,65,66). The number of halogens is 4. The van der Waals surface area contributed by atoms with Gasteiger partial charge in [-0.2, -0.15) is 17.2 Å². The molecule has 0 aliphatic carbocycles. The van der Waals surface area contributed by atoms with E-state index in [0.29, 0.717) is 116 Å². The van der Waals surface area contributed by atoms with Crippen molar-refractivity contribution in [1.82, 2.24) is 20.6 Å². The second kappa shape index (κ2) is 37.9. The molecule has 0 spiro atoms. The zero-order valence-corrected chi connectivity index (χ0v) is 44.6. The lowest BCUT2D eigenvalue weighted by Gasteiger charge is -2.11. The Morgan fingerprint density at radius 1 is 0.608 bits per heavy atom. The molecule has 1 aromatic heterocycles. The number of ether oxygens (including phenoxy) is 12. The maximum Gasteiger partial charge on any atom is 0.316 e. The number of nitrogens with zero attached hydrogens (tertiary/aromatic N) is 3. The smallest absolute Gasteiger partial charge is 0.316 e. The van der Waals surface area contributed by atoms with E-state index in [0.717, 1.165) is 23.1 Å². The summed E-state index contributed by atoms with van der Waals surface area (Å²) >= 11 is 0. The molecule has 2 heterocycles. The van der Waals surface area contributed by atoms with Crippen LogP contribution in [0.15, 0.2) is 46.1 Å². The Labute approximate surface area is 454 Å². The molecular weight excluding hydrogens is 1080 g/mol. The Balaban J connectivity index is 0.831. The average Bonchev–Trinajstić information content (AvgIpc) is 3.73. The van der Waals surface area contributed by atoms with Crippen LogP contribution in [0.3, 0.4) is 0 Å². The van der Waals surface area contributed by atoms with Crippen LogP contribution in [0.2, 0.25) is 0 Å². The number of esters is 1. The van der Waals surface area contributed by atoms with Gasteiger partial charge < -0.3 is 73.2 Å². The van der Waals surface area contributed by atoms with Crippen LogP contribution < -0.4 is 25.8 Å². The van der Waals surface area contributed by atoms with E-state index < -0.39 is 56.4 Å². The normalized spacial score (nSPS) is 12.4. The summed E-state index contributed by atoms with van der Waals surface area (Å²) < 4.78 is 150. The summed E-state index contributed by atoms with van der Waals surface area (Å²) in [4.78, 5) is 47.4. The third kappa shape index (κ3) is 25.9. The van der Waals surface area contributed by atoms with Crippen molar-refractivity contribution in [2.24, 2.45) is 10.7 Å². The number of hydrogen-bond donors (Lipinski definition) is 4. The Morgan fingerprint density at radius 3 is 1.52 bits per heavy atom. The van der Waals surface area contributed by atoms with Crippen LogP contribution in [0.5, 0.6) is 11.8 Å². The molecule has 29 heteroatoms. The second-order valence-corrected chi connectivity index (χ2v) is 17.8. The van der Waals surface area contributed by atoms with Crippen molar-refractivity contribution in [2.75, 3.05) is 152 Å². The summed E-state index contributed by atoms with van der Waals surface area (Å²) in [6, 6.07) is 5.81. The zero-order valence-electron chi connectivity index (χ0n) is 43.8. The topological polar surface area (TPSA) is 305 Å². The van der Waals surface area contributed by atoms with E-state index in [4.69, 9.17) is 62.4 Å². The third-order valence-corrected chi connectivity index (χ3v) is 11.2. The molecule has 0 unspecified atom stereocenters. The number of amides is 2. The molecule has 0 radical (unpaired) electrons. The number of rotatable bonds is 43. The summed E-state index contributed by atoms with van der Waals surface area (Å²) in [7, 11) is -5.65. The molecule has 4 rings (SSSR count). The van der Waals surface area contributed by atoms with Gasteiger partial charge in [-0.25, -0.2) is 23.7 Å². The number of carbonyl (C=O) groups is 3. The predicted molar refractivity (Wildman–Crippen MR) is 272 cm³/mol. The Morgan fingerprint density at radius 2 is 1.06 bits per heavy atom. The van der Waals surface area contributed by atoms with Crippen LogP contribution in [-0.4, -0.2) is 198 Å². The van der Waals surface area contributed by atoms with Gasteiger partial charge in [0.15, 0.2) is 16.5 Å². The van der Waals surface area contributed by atoms with Crippen LogP contribution in [0, 0.1) is 23.3 Å². The maximum absolute atomic E-state index is 14.0. The van der Waals surface area contributed by atoms with E-state index in [1.165, 1.54) is 0 Å². The molecule has 2 amide bonds. The fraction of sp³-hybridized carbons (Fsp3) is 0.560. The van der Waals surface area contributed by atoms with Crippen molar-refractivity contribution in [3.63, 3.8) is 0 Å². The third-order valence-electron chi connectivity index (χ3n) is 10.4. The van der Waals surface area contributed by atoms with Crippen molar-refractivity contribution in [3.8, 4) is 22.9 Å². The number of aromatic nitrogens is 2. The number of nitrogens with two attached hydrogens (primary N) is 1. The van der Waals surface area contributed by atoms with Crippen molar-refractivity contribution >= 4 is 45.5 Å². The lowest BCUT2D eigenvalue weighted by atomic mass is 10.0. The molecule has 0 atom stereocenters. The van der Waals surface area contributed by atoms with E-state index in [-0.39, 0.29) is 83.5 Å². The van der Waals surface area contributed by atoms with Gasteiger partial charge in [-0.05, 0) is 24.1 Å². The molecule has 24 nitrogen and oxygen atoms in total. The molecule has 5 N–H and O–H groups in total. The van der Waals surface area contributed by atoms with Gasteiger partial charge in [0.2, 0.25) is 29.2 Å². The highest BCUT2D eigenvalue weighted by Gasteiger charge is 2.34. The van der Waals surface area contributed by atoms with Gasteiger partial charge in [-0.3, -0.25) is 18.9 Å². The molecule has 440 valence electrons. The first-order valence-corrected chi connectivity index (χ1v) is 26.6. The monoisotopic (exact) mass is 1150 g/mol. The molecule has 0 bridgehead atoms. The molecule has 79 heavy (non-hydrogen) atoms. The quantitative estimate of drug-likeness (QED) is 0.0158. The molecule has 1 aliphatic rings. The number of carbonyl (C=O) groups excluding carboxylic acids is 3. The minimum atomic E-state index is -5.65. The van der Waals surface area contributed by atoms with Gasteiger partial charge in [0.25, 0.3) is 0 Å². The number of benzene rings is 2. The molecule has 0 saturated carbocycles. The van der Waals surface area contributed by atoms with Gasteiger partial charge in [0, 0.05) is 48.5 Å². The number of fused-ring (bicyclic) bond motifs is 1. The van der Waals surface area contributed by atoms with Crippen molar-refractivity contribution in [2.45, 2.75) is 37.5 Å². The summed E-state index contributed by atoms with van der Waals surface area (Å²) in [5.41, 5.74) is 9.67. The first-order chi connectivity index (χ1) is 38.2. The fourth-order valence-corrected chi connectivity index (χ4v) is 7.14. The summed E-state index contributed by atoms with van der Waals surface area (Å²) in [5, 5.41) is 5.65. The molecule has 1 aliphatic heterocycles. The van der Waals surface area contributed by atoms with E-state index in [1.54, 1.807) is 12.4 Å². The van der Waals surface area contributed by atoms with Gasteiger partial charge in [-0.15, -0.1) is 0 Å². The zero-order chi connectivity index (χ0) is 57.1. The Bertz CT molecular complexity index is 2490. The summed E-state index contributed by atoms with van der Waals surface area (Å²) in [6.45, 7) is 8.75. The van der Waals surface area contributed by atoms with E-state index in [1.807, 2.05) is 31.2 Å². The summed E-state index contributed by atoms with van der Waals surface area (Å²) in [5.74, 6) is -12.7. The number of hydrogen-bond acceptors (Lipinski definition) is 21. The molecule has 2 aromatic carbocycles. The average molecular weight is 1150 g/mol. The predicted octanol–water partition coefficient (Wildman–Crippen LogP) is 3.30. The van der Waals surface area contributed by atoms with Crippen LogP contribution in [0.4, 0.5) is 23.2 Å². The highest BCUT2D eigenvalue weighted by Crippen LogP contribution is 2.33. The van der Waals surface area contributed by atoms with E-state index >= 15 is 0 Å². The van der Waals surface area contributed by atoms with E-state index in [2.05, 4.69) is 30.3 Å². The number of amidine groups is 1.